The van der Waals surface area contributed by atoms with E-state index in [1.807, 2.05) is 12.4 Å². The molecule has 0 aliphatic heterocycles. The van der Waals surface area contributed by atoms with E-state index >= 15 is 0 Å². The van der Waals surface area contributed by atoms with Crippen LogP contribution >= 0.6 is 0 Å². The van der Waals surface area contributed by atoms with Crippen LogP contribution < -0.4 is 0 Å². The molecule has 2 nitrogen and oxygen atoms in total. The Hall–Kier alpha value is -1.44. The number of benzene rings is 1. The topological polar surface area (TPSA) is 25.8 Å². The van der Waals surface area contributed by atoms with Crippen LogP contribution in [0.3, 0.4) is 0 Å². The highest BCUT2D eigenvalue weighted by atomic mass is 15.1. The maximum absolute atomic E-state index is 3.96. The average molecular weight is 298 g/mol. The van der Waals surface area contributed by atoms with Crippen LogP contribution in [0.5, 0.6) is 0 Å². The molecule has 22 heavy (non-hydrogen) atoms. The summed E-state index contributed by atoms with van der Waals surface area (Å²) in [6.07, 6.45) is 18.9. The van der Waals surface area contributed by atoms with Gasteiger partial charge in [0.05, 0.1) is 12.4 Å². The first kappa shape index (κ1) is 16.9. The maximum atomic E-state index is 3.96. The van der Waals surface area contributed by atoms with Crippen molar-refractivity contribution in [2.45, 2.75) is 77.6 Å². The third kappa shape index (κ3) is 6.13. The molecule has 0 aliphatic carbocycles. The number of fused-ring (bicyclic) bond motifs is 1. The van der Waals surface area contributed by atoms with Gasteiger partial charge in [-0.3, -0.25) is 0 Å². The smallest absolute Gasteiger partial charge is 0.0574 e. The van der Waals surface area contributed by atoms with Crippen molar-refractivity contribution in [1.82, 2.24) is 10.2 Å². The molecule has 1 aromatic heterocycles. The molecule has 120 valence electrons. The number of unbranched alkanes of at least 4 members (excludes halogenated alkanes) is 9. The number of hydrogen-bond acceptors (Lipinski definition) is 2. The minimum atomic E-state index is 1.18. The predicted octanol–water partition coefficient (Wildman–Crippen LogP) is 6.09. The lowest BCUT2D eigenvalue weighted by Gasteiger charge is -2.04. The Morgan fingerprint density at radius 2 is 1.27 bits per heavy atom. The molecule has 1 aromatic carbocycles. The quantitative estimate of drug-likeness (QED) is 0.469. The van der Waals surface area contributed by atoms with Crippen LogP contribution in [0.25, 0.3) is 10.8 Å². The van der Waals surface area contributed by atoms with E-state index in [1.165, 1.54) is 87.0 Å². The lowest BCUT2D eigenvalue weighted by molar-refractivity contribution is 0.556. The van der Waals surface area contributed by atoms with Gasteiger partial charge in [0.25, 0.3) is 0 Å². The molecule has 2 aromatic rings. The van der Waals surface area contributed by atoms with E-state index in [-0.39, 0.29) is 0 Å². The number of rotatable bonds is 11. The Labute approximate surface area is 135 Å². The summed E-state index contributed by atoms with van der Waals surface area (Å²) in [5, 5.41) is 10.3. The highest BCUT2D eigenvalue weighted by Crippen LogP contribution is 2.16. The number of hydrogen-bond donors (Lipinski definition) is 0. The molecule has 0 saturated heterocycles. The summed E-state index contributed by atoms with van der Waals surface area (Å²) in [7, 11) is 0. The Morgan fingerprint density at radius 1 is 0.682 bits per heavy atom. The van der Waals surface area contributed by atoms with Gasteiger partial charge in [-0.25, -0.2) is 0 Å². The van der Waals surface area contributed by atoms with Gasteiger partial charge >= 0.3 is 0 Å². The van der Waals surface area contributed by atoms with Crippen molar-refractivity contribution in [2.24, 2.45) is 0 Å². The Balaban J connectivity index is 1.54. The van der Waals surface area contributed by atoms with Crippen LogP contribution in [0.4, 0.5) is 0 Å². The maximum Gasteiger partial charge on any atom is 0.0574 e. The van der Waals surface area contributed by atoms with Gasteiger partial charge in [-0.2, -0.15) is 10.2 Å². The van der Waals surface area contributed by atoms with E-state index in [2.05, 4.69) is 35.3 Å². The summed E-state index contributed by atoms with van der Waals surface area (Å²) >= 11 is 0. The van der Waals surface area contributed by atoms with Gasteiger partial charge in [0.2, 0.25) is 0 Å². The second kappa shape index (κ2) is 10.3. The van der Waals surface area contributed by atoms with Gasteiger partial charge in [0.1, 0.15) is 0 Å². The summed E-state index contributed by atoms with van der Waals surface area (Å²) in [4.78, 5) is 0. The molecule has 2 rings (SSSR count). The fourth-order valence-electron chi connectivity index (χ4n) is 3.02. The Kier molecular flexibility index (Phi) is 7.93. The van der Waals surface area contributed by atoms with Crippen molar-refractivity contribution in [1.29, 1.82) is 0 Å². The molecule has 0 spiro atoms. The van der Waals surface area contributed by atoms with Crippen LogP contribution in [-0.2, 0) is 6.42 Å². The van der Waals surface area contributed by atoms with E-state index in [0.29, 0.717) is 0 Å². The largest absolute Gasteiger partial charge is 0.158 e. The first-order valence-electron chi connectivity index (χ1n) is 9.09. The first-order chi connectivity index (χ1) is 10.9. The highest BCUT2D eigenvalue weighted by molar-refractivity contribution is 5.81. The zero-order valence-electron chi connectivity index (χ0n) is 14.1. The average Bonchev–Trinajstić information content (AvgIpc) is 2.56. The molecular formula is C20H30N2. The first-order valence-corrected chi connectivity index (χ1v) is 9.09. The molecular weight excluding hydrogens is 268 g/mol. The van der Waals surface area contributed by atoms with Gasteiger partial charge in [-0.1, -0.05) is 76.8 Å². The van der Waals surface area contributed by atoms with Crippen LogP contribution in [0, 0.1) is 0 Å². The molecule has 0 fully saturated rings. The predicted molar refractivity (Wildman–Crippen MR) is 95.1 cm³/mol. The molecule has 0 saturated carbocycles. The molecule has 0 aliphatic rings. The highest BCUT2D eigenvalue weighted by Gasteiger charge is 1.98. The summed E-state index contributed by atoms with van der Waals surface area (Å²) in [5.74, 6) is 0. The summed E-state index contributed by atoms with van der Waals surface area (Å²) in [6.45, 7) is 2.28. The van der Waals surface area contributed by atoms with Crippen molar-refractivity contribution in [2.75, 3.05) is 0 Å². The molecule has 0 bridgehead atoms. The number of aryl methyl sites for hydroxylation is 1. The van der Waals surface area contributed by atoms with Crippen LogP contribution in [0.1, 0.15) is 76.7 Å². The molecule has 1 heterocycles. The van der Waals surface area contributed by atoms with Crippen molar-refractivity contribution < 1.29 is 0 Å². The lowest BCUT2D eigenvalue weighted by Crippen LogP contribution is -1.88. The van der Waals surface area contributed by atoms with Crippen LogP contribution in [0.2, 0.25) is 0 Å². The van der Waals surface area contributed by atoms with E-state index in [4.69, 9.17) is 0 Å². The molecule has 2 heteroatoms. The Bertz CT molecular complexity index is 536. The van der Waals surface area contributed by atoms with Crippen molar-refractivity contribution in [3.05, 3.63) is 36.2 Å². The molecule has 0 atom stereocenters. The van der Waals surface area contributed by atoms with Gasteiger partial charge in [-0.15, -0.1) is 0 Å². The SMILES string of the molecule is CCCCCCCCCCCCc1ccc2cnncc2c1. The van der Waals surface area contributed by atoms with Gasteiger partial charge < -0.3 is 0 Å². The number of nitrogens with zero attached hydrogens (tertiary/aromatic N) is 2. The minimum Gasteiger partial charge on any atom is -0.158 e. The van der Waals surface area contributed by atoms with E-state index in [9.17, 15) is 0 Å². The van der Waals surface area contributed by atoms with E-state index in [1.54, 1.807) is 0 Å². The van der Waals surface area contributed by atoms with Crippen LogP contribution in [0.15, 0.2) is 30.6 Å². The minimum absolute atomic E-state index is 1.18. The third-order valence-corrected chi connectivity index (χ3v) is 4.43. The molecule has 0 radical (unpaired) electrons. The summed E-state index contributed by atoms with van der Waals surface area (Å²) in [5.41, 5.74) is 1.43. The second-order valence-electron chi connectivity index (χ2n) is 6.38. The number of aromatic nitrogens is 2. The van der Waals surface area contributed by atoms with E-state index in [0.717, 1.165) is 0 Å². The van der Waals surface area contributed by atoms with Gasteiger partial charge in [0.15, 0.2) is 0 Å². The van der Waals surface area contributed by atoms with Crippen molar-refractivity contribution >= 4 is 10.8 Å². The lowest BCUT2D eigenvalue weighted by atomic mass is 10.0. The van der Waals surface area contributed by atoms with Crippen LogP contribution in [-0.4, -0.2) is 10.2 Å². The standard InChI is InChI=1S/C20H30N2/c1-2-3-4-5-6-7-8-9-10-11-12-18-13-14-19-16-21-22-17-20(19)15-18/h13-17H,2-12H2,1H3. The van der Waals surface area contributed by atoms with E-state index < -0.39 is 0 Å². The monoisotopic (exact) mass is 298 g/mol. The second-order valence-corrected chi connectivity index (χ2v) is 6.38. The summed E-state index contributed by atoms with van der Waals surface area (Å²) < 4.78 is 0. The van der Waals surface area contributed by atoms with Crippen molar-refractivity contribution in [3.8, 4) is 0 Å². The molecule has 0 N–H and O–H groups in total. The zero-order valence-corrected chi connectivity index (χ0v) is 14.1. The normalized spacial score (nSPS) is 11.1. The Morgan fingerprint density at radius 3 is 1.95 bits per heavy atom. The molecule has 0 amide bonds. The fraction of sp³-hybridized carbons (Fsp3) is 0.600. The molecule has 0 unspecified atom stereocenters. The van der Waals surface area contributed by atoms with Crippen molar-refractivity contribution in [3.63, 3.8) is 0 Å². The van der Waals surface area contributed by atoms with Gasteiger partial charge in [0, 0.05) is 10.8 Å². The van der Waals surface area contributed by atoms with Gasteiger partial charge in [-0.05, 0) is 24.5 Å². The fourth-order valence-corrected chi connectivity index (χ4v) is 3.02. The zero-order chi connectivity index (χ0) is 15.5. The third-order valence-electron chi connectivity index (χ3n) is 4.43. The summed E-state index contributed by atoms with van der Waals surface area (Å²) in [6, 6.07) is 6.66.